The fraction of sp³-hybridized carbons (Fsp3) is 0.0556. The zero-order valence-corrected chi connectivity index (χ0v) is 13.7. The molecular weight excluding hydrogens is 326 g/mol. The summed E-state index contributed by atoms with van der Waals surface area (Å²) in [5, 5.41) is 0. The summed E-state index contributed by atoms with van der Waals surface area (Å²) in [5.41, 5.74) is 0.769. The highest BCUT2D eigenvalue weighted by Crippen LogP contribution is 2.18. The number of nitrogens with zero attached hydrogens (tertiary/aromatic N) is 1. The van der Waals surface area contributed by atoms with Crippen LogP contribution in [0, 0.1) is 0 Å². The smallest absolute Gasteiger partial charge is 0.267 e. The predicted octanol–water partition coefficient (Wildman–Crippen LogP) is 2.96. The van der Waals surface area contributed by atoms with Crippen LogP contribution < -0.4 is 4.74 Å². The normalized spacial score (nSPS) is 11.2. The van der Waals surface area contributed by atoms with Crippen molar-refractivity contribution in [1.29, 1.82) is 0 Å². The second-order valence-corrected chi connectivity index (χ2v) is 6.95. The van der Waals surface area contributed by atoms with Gasteiger partial charge in [0.1, 0.15) is 5.75 Å². The van der Waals surface area contributed by atoms with Crippen molar-refractivity contribution < 1.29 is 17.9 Å². The van der Waals surface area contributed by atoms with E-state index in [4.69, 9.17) is 4.74 Å². The van der Waals surface area contributed by atoms with Gasteiger partial charge in [0, 0.05) is 23.5 Å². The quantitative estimate of drug-likeness (QED) is 0.669. The van der Waals surface area contributed by atoms with Crippen LogP contribution in [0.2, 0.25) is 0 Å². The molecule has 0 bridgehead atoms. The fourth-order valence-corrected chi connectivity index (χ4v) is 3.50. The maximum absolute atomic E-state index is 12.5. The Morgan fingerprint density at radius 3 is 2.21 bits per heavy atom. The van der Waals surface area contributed by atoms with Gasteiger partial charge in [0.05, 0.1) is 12.0 Å². The summed E-state index contributed by atoms with van der Waals surface area (Å²) in [5.74, 6) is 0.399. The second kappa shape index (κ2) is 6.33. The Morgan fingerprint density at radius 1 is 0.917 bits per heavy atom. The molecule has 3 rings (SSSR count). The molecule has 0 saturated heterocycles. The van der Waals surface area contributed by atoms with Crippen LogP contribution in [-0.2, 0) is 10.0 Å². The number of ketones is 1. The van der Waals surface area contributed by atoms with Gasteiger partial charge in [0.2, 0.25) is 0 Å². The van der Waals surface area contributed by atoms with Crippen molar-refractivity contribution in [2.75, 3.05) is 7.11 Å². The lowest BCUT2D eigenvalue weighted by Crippen LogP contribution is -2.11. The van der Waals surface area contributed by atoms with Crippen molar-refractivity contribution in [1.82, 2.24) is 3.97 Å². The van der Waals surface area contributed by atoms with Crippen LogP contribution in [0.15, 0.2) is 78.0 Å². The number of aromatic nitrogens is 1. The van der Waals surface area contributed by atoms with E-state index >= 15 is 0 Å². The van der Waals surface area contributed by atoms with Crippen molar-refractivity contribution in [3.05, 3.63) is 84.2 Å². The first-order valence-corrected chi connectivity index (χ1v) is 8.64. The molecule has 0 aliphatic heterocycles. The fourth-order valence-electron chi connectivity index (χ4n) is 2.28. The molecule has 24 heavy (non-hydrogen) atoms. The molecule has 0 aliphatic rings. The van der Waals surface area contributed by atoms with E-state index in [1.807, 2.05) is 0 Å². The third kappa shape index (κ3) is 2.96. The molecule has 0 amide bonds. The topological polar surface area (TPSA) is 65.4 Å². The van der Waals surface area contributed by atoms with Crippen LogP contribution in [0.25, 0.3) is 0 Å². The minimum Gasteiger partial charge on any atom is -0.497 e. The molecular formula is C18H15NO4S. The monoisotopic (exact) mass is 341 g/mol. The van der Waals surface area contributed by atoms with Crippen molar-refractivity contribution in [2.45, 2.75) is 4.90 Å². The van der Waals surface area contributed by atoms with Gasteiger partial charge in [-0.15, -0.1) is 0 Å². The number of ether oxygens (including phenoxy) is 1. The van der Waals surface area contributed by atoms with Crippen LogP contribution >= 0.6 is 0 Å². The first-order valence-electron chi connectivity index (χ1n) is 7.20. The molecule has 1 aromatic heterocycles. The van der Waals surface area contributed by atoms with E-state index in [1.54, 1.807) is 49.6 Å². The minimum atomic E-state index is -3.70. The summed E-state index contributed by atoms with van der Waals surface area (Å²) < 4.78 is 31.2. The van der Waals surface area contributed by atoms with Crippen molar-refractivity contribution in [2.24, 2.45) is 0 Å². The lowest BCUT2D eigenvalue weighted by atomic mass is 10.1. The molecule has 0 saturated carbocycles. The number of benzene rings is 2. The molecule has 5 nitrogen and oxygen atoms in total. The molecule has 122 valence electrons. The van der Waals surface area contributed by atoms with E-state index in [2.05, 4.69) is 0 Å². The molecule has 0 radical (unpaired) electrons. The lowest BCUT2D eigenvalue weighted by Gasteiger charge is -2.05. The van der Waals surface area contributed by atoms with Gasteiger partial charge in [0.15, 0.2) is 5.78 Å². The molecule has 1 heterocycles. The van der Waals surface area contributed by atoms with E-state index in [0.717, 1.165) is 3.97 Å². The van der Waals surface area contributed by atoms with Gasteiger partial charge in [-0.25, -0.2) is 12.4 Å². The highest BCUT2D eigenvalue weighted by atomic mass is 32.2. The zero-order valence-electron chi connectivity index (χ0n) is 12.9. The van der Waals surface area contributed by atoms with Crippen LogP contribution in [0.5, 0.6) is 5.75 Å². The number of hydrogen-bond donors (Lipinski definition) is 0. The van der Waals surface area contributed by atoms with E-state index in [-0.39, 0.29) is 10.7 Å². The molecule has 0 aliphatic carbocycles. The van der Waals surface area contributed by atoms with Crippen LogP contribution in [0.4, 0.5) is 0 Å². The minimum absolute atomic E-state index is 0.170. The number of rotatable bonds is 5. The van der Waals surface area contributed by atoms with Crippen molar-refractivity contribution in [3.63, 3.8) is 0 Å². The van der Waals surface area contributed by atoms with E-state index < -0.39 is 10.0 Å². The number of hydrogen-bond acceptors (Lipinski definition) is 4. The van der Waals surface area contributed by atoms with Crippen molar-refractivity contribution in [3.8, 4) is 5.75 Å². The summed E-state index contributed by atoms with van der Waals surface area (Å²) in [4.78, 5) is 12.6. The summed E-state index contributed by atoms with van der Waals surface area (Å²) in [6.07, 6.45) is 2.70. The van der Waals surface area contributed by atoms with Gasteiger partial charge < -0.3 is 4.74 Å². The Hall–Kier alpha value is -2.86. The Balaban J connectivity index is 1.91. The number of carbonyl (C=O) groups excluding carboxylic acids is 1. The summed E-state index contributed by atoms with van der Waals surface area (Å²) in [7, 11) is -2.15. The number of methoxy groups -OCH3 is 1. The summed E-state index contributed by atoms with van der Waals surface area (Å²) in [6.45, 7) is 0. The van der Waals surface area contributed by atoms with Gasteiger partial charge in [-0.3, -0.25) is 4.79 Å². The molecule has 6 heteroatoms. The first-order chi connectivity index (χ1) is 11.5. The number of carbonyl (C=O) groups is 1. The van der Waals surface area contributed by atoms with E-state index in [9.17, 15) is 13.2 Å². The van der Waals surface area contributed by atoms with E-state index in [0.29, 0.717) is 16.9 Å². The van der Waals surface area contributed by atoms with Crippen LogP contribution in [0.3, 0.4) is 0 Å². The van der Waals surface area contributed by atoms with Gasteiger partial charge in [-0.05, 0) is 42.5 Å². The third-order valence-electron chi connectivity index (χ3n) is 3.60. The average Bonchev–Trinajstić information content (AvgIpc) is 3.13. The molecule has 2 aromatic carbocycles. The molecule has 0 spiro atoms. The van der Waals surface area contributed by atoms with Crippen molar-refractivity contribution >= 4 is 15.8 Å². The van der Waals surface area contributed by atoms with Gasteiger partial charge >= 0.3 is 0 Å². The van der Waals surface area contributed by atoms with Crippen LogP contribution in [-0.4, -0.2) is 25.3 Å². The second-order valence-electron chi connectivity index (χ2n) is 5.11. The Bertz CT molecular complexity index is 958. The zero-order chi connectivity index (χ0) is 17.2. The SMILES string of the molecule is COc1ccc(C(=O)c2ccn(S(=O)(=O)c3ccccc3)c2)cc1. The molecule has 0 N–H and O–H groups in total. The molecule has 0 atom stereocenters. The highest BCUT2D eigenvalue weighted by Gasteiger charge is 2.18. The average molecular weight is 341 g/mol. The van der Waals surface area contributed by atoms with Gasteiger partial charge in [-0.2, -0.15) is 0 Å². The first kappa shape index (κ1) is 16.0. The third-order valence-corrected chi connectivity index (χ3v) is 5.25. The maximum Gasteiger partial charge on any atom is 0.267 e. The molecule has 0 fully saturated rings. The summed E-state index contributed by atoms with van der Waals surface area (Å²) >= 11 is 0. The van der Waals surface area contributed by atoms with Gasteiger partial charge in [-0.1, -0.05) is 18.2 Å². The Morgan fingerprint density at radius 2 is 1.58 bits per heavy atom. The standard InChI is InChI=1S/C18H15NO4S/c1-23-16-9-7-14(8-10-16)18(20)15-11-12-19(13-15)24(21,22)17-5-3-2-4-6-17/h2-13H,1H3. The van der Waals surface area contributed by atoms with Gasteiger partial charge in [0.25, 0.3) is 10.0 Å². The maximum atomic E-state index is 12.5. The predicted molar refractivity (Wildman–Crippen MR) is 89.9 cm³/mol. The van der Waals surface area contributed by atoms with E-state index in [1.165, 1.54) is 30.6 Å². The summed E-state index contributed by atoms with van der Waals surface area (Å²) in [6, 6.07) is 16.2. The largest absolute Gasteiger partial charge is 0.497 e. The van der Waals surface area contributed by atoms with Crippen LogP contribution in [0.1, 0.15) is 15.9 Å². The molecule has 0 unspecified atom stereocenters. The Labute approximate surface area is 140 Å². The lowest BCUT2D eigenvalue weighted by molar-refractivity contribution is 0.103. The Kier molecular flexibility index (Phi) is 4.22. The molecule has 3 aromatic rings. The highest BCUT2D eigenvalue weighted by molar-refractivity contribution is 7.90.